The lowest BCUT2D eigenvalue weighted by Crippen LogP contribution is -2.62. The number of hydrogen-bond acceptors (Lipinski definition) is 4. The summed E-state index contributed by atoms with van der Waals surface area (Å²) in [5.74, 6) is -1.41. The van der Waals surface area contributed by atoms with Crippen LogP contribution < -0.4 is 5.32 Å². The lowest BCUT2D eigenvalue weighted by atomic mass is 9.88. The Hall–Kier alpha value is -3.35. The van der Waals surface area contributed by atoms with Gasteiger partial charge in [-0.2, -0.15) is 0 Å². The number of aryl methyl sites for hydroxylation is 1. The number of carbonyl (C=O) groups is 3. The van der Waals surface area contributed by atoms with Gasteiger partial charge >= 0.3 is 5.97 Å². The number of benzene rings is 2. The highest BCUT2D eigenvalue weighted by molar-refractivity contribution is 5.94. The van der Waals surface area contributed by atoms with Crippen LogP contribution in [0.5, 0.6) is 5.75 Å². The number of carboxylic acids is 1. The number of carboxylic acid groups (broad SMARTS) is 1. The number of hydrogen-bond donors (Lipinski definition) is 3. The number of nitrogens with one attached hydrogen (secondary N) is 1. The topological polar surface area (TPSA) is 107 Å². The van der Waals surface area contributed by atoms with Crippen molar-refractivity contribution in [1.82, 2.24) is 10.2 Å². The predicted octanol–water partition coefficient (Wildman–Crippen LogP) is 3.30. The van der Waals surface area contributed by atoms with E-state index in [-0.39, 0.29) is 30.4 Å². The summed E-state index contributed by atoms with van der Waals surface area (Å²) in [7, 11) is 0. The molecule has 1 heterocycles. The van der Waals surface area contributed by atoms with Crippen LogP contribution in [0.1, 0.15) is 50.2 Å². The van der Waals surface area contributed by atoms with Gasteiger partial charge in [-0.25, -0.2) is 4.79 Å². The molecule has 1 aliphatic heterocycles. The maximum atomic E-state index is 13.6. The zero-order valence-corrected chi connectivity index (χ0v) is 19.0. The van der Waals surface area contributed by atoms with Crippen LogP contribution >= 0.6 is 0 Å². The van der Waals surface area contributed by atoms with E-state index < -0.39 is 17.6 Å². The maximum Gasteiger partial charge on any atom is 0.326 e. The SMILES string of the molecule is C[C@@](Cc1ccccc1)(NC(=O)CCCc1ccc(O)cc1)C(=O)N1CCCCC1C(=O)O. The van der Waals surface area contributed by atoms with Gasteiger partial charge in [-0.3, -0.25) is 9.59 Å². The second-order valence-electron chi connectivity index (χ2n) is 8.91. The summed E-state index contributed by atoms with van der Waals surface area (Å²) in [6.45, 7) is 2.06. The third kappa shape index (κ3) is 6.57. The van der Waals surface area contributed by atoms with Crippen molar-refractivity contribution in [3.63, 3.8) is 0 Å². The van der Waals surface area contributed by atoms with Gasteiger partial charge in [0.05, 0.1) is 0 Å². The summed E-state index contributed by atoms with van der Waals surface area (Å²) in [4.78, 5) is 39.7. The van der Waals surface area contributed by atoms with Crippen molar-refractivity contribution < 1.29 is 24.6 Å². The second-order valence-corrected chi connectivity index (χ2v) is 8.91. The molecule has 2 amide bonds. The number of aromatic hydroxyl groups is 1. The Morgan fingerprint density at radius 2 is 1.73 bits per heavy atom. The van der Waals surface area contributed by atoms with Crippen LogP contribution in [0.4, 0.5) is 0 Å². The van der Waals surface area contributed by atoms with Gasteiger partial charge in [0.1, 0.15) is 17.3 Å². The van der Waals surface area contributed by atoms with E-state index in [0.717, 1.165) is 24.0 Å². The Morgan fingerprint density at radius 1 is 1.03 bits per heavy atom. The van der Waals surface area contributed by atoms with E-state index in [0.29, 0.717) is 25.8 Å². The van der Waals surface area contributed by atoms with Crippen LogP contribution in [0.3, 0.4) is 0 Å². The van der Waals surface area contributed by atoms with Crippen molar-refractivity contribution in [2.75, 3.05) is 6.54 Å². The number of phenolic OH excluding ortho intramolecular Hbond substituents is 1. The third-order valence-corrected chi connectivity index (χ3v) is 6.14. The normalized spacial score (nSPS) is 17.7. The first kappa shape index (κ1) is 24.3. The highest BCUT2D eigenvalue weighted by atomic mass is 16.4. The van der Waals surface area contributed by atoms with E-state index >= 15 is 0 Å². The number of nitrogens with zero attached hydrogens (tertiary/aromatic N) is 1. The minimum atomic E-state index is -1.25. The van der Waals surface area contributed by atoms with Crippen LogP contribution in [0, 0.1) is 0 Å². The molecule has 0 radical (unpaired) electrons. The lowest BCUT2D eigenvalue weighted by molar-refractivity contribution is -0.155. The largest absolute Gasteiger partial charge is 0.508 e. The first-order valence-electron chi connectivity index (χ1n) is 11.5. The Morgan fingerprint density at radius 3 is 2.39 bits per heavy atom. The third-order valence-electron chi connectivity index (χ3n) is 6.14. The Kier molecular flexibility index (Phi) is 8.09. The van der Waals surface area contributed by atoms with Gasteiger partial charge in [-0.15, -0.1) is 0 Å². The van der Waals surface area contributed by atoms with E-state index in [9.17, 15) is 24.6 Å². The summed E-state index contributed by atoms with van der Waals surface area (Å²) in [6, 6.07) is 15.4. The predicted molar refractivity (Wildman–Crippen MR) is 125 cm³/mol. The molecule has 3 N–H and O–H groups in total. The van der Waals surface area contributed by atoms with E-state index in [1.165, 1.54) is 4.90 Å². The molecule has 0 spiro atoms. The summed E-state index contributed by atoms with van der Waals surface area (Å²) >= 11 is 0. The number of carbonyl (C=O) groups excluding carboxylic acids is 2. The number of piperidine rings is 1. The van der Waals surface area contributed by atoms with Crippen molar-refractivity contribution in [2.45, 2.75) is 63.5 Å². The zero-order chi connectivity index (χ0) is 23.8. The number of phenols is 1. The van der Waals surface area contributed by atoms with E-state index in [2.05, 4.69) is 5.32 Å². The molecule has 7 nitrogen and oxygen atoms in total. The maximum absolute atomic E-state index is 13.6. The first-order valence-corrected chi connectivity index (χ1v) is 11.5. The van der Waals surface area contributed by atoms with E-state index in [1.807, 2.05) is 42.5 Å². The lowest BCUT2D eigenvalue weighted by Gasteiger charge is -2.40. The summed E-state index contributed by atoms with van der Waals surface area (Å²) in [6.07, 6.45) is 3.71. The molecule has 2 atom stereocenters. The minimum absolute atomic E-state index is 0.198. The summed E-state index contributed by atoms with van der Waals surface area (Å²) in [5.41, 5.74) is 0.658. The average molecular weight is 453 g/mol. The average Bonchev–Trinajstić information content (AvgIpc) is 2.80. The van der Waals surface area contributed by atoms with Crippen molar-refractivity contribution in [3.05, 3.63) is 65.7 Å². The molecule has 1 saturated heterocycles. The fourth-order valence-electron chi connectivity index (χ4n) is 4.41. The molecule has 7 heteroatoms. The van der Waals surface area contributed by atoms with Crippen molar-refractivity contribution in [2.24, 2.45) is 0 Å². The molecule has 0 saturated carbocycles. The number of rotatable bonds is 9. The molecular formula is C26H32N2O5. The summed E-state index contributed by atoms with van der Waals surface area (Å²) < 4.78 is 0. The van der Waals surface area contributed by atoms with Crippen LogP contribution in [0.25, 0.3) is 0 Å². The molecule has 0 bridgehead atoms. The van der Waals surface area contributed by atoms with Gasteiger partial charge in [-0.05, 0) is 62.3 Å². The van der Waals surface area contributed by atoms with Gasteiger partial charge < -0.3 is 20.4 Å². The van der Waals surface area contributed by atoms with Crippen LogP contribution in [0.2, 0.25) is 0 Å². The Labute approximate surface area is 194 Å². The van der Waals surface area contributed by atoms with Gasteiger partial charge in [-0.1, -0.05) is 42.5 Å². The fraction of sp³-hybridized carbons (Fsp3) is 0.423. The molecule has 3 rings (SSSR count). The standard InChI is InChI=1S/C26H32N2O5/c1-26(18-20-8-3-2-4-9-20,25(33)28-17-6-5-11-22(28)24(31)32)27-23(30)12-7-10-19-13-15-21(29)16-14-19/h2-4,8-9,13-16,22,29H,5-7,10-12,17-18H2,1H3,(H,27,30)(H,31,32)/t22?,26-/m0/s1. The highest BCUT2D eigenvalue weighted by Crippen LogP contribution is 2.24. The fourth-order valence-corrected chi connectivity index (χ4v) is 4.41. The molecule has 1 aliphatic rings. The van der Waals surface area contributed by atoms with Crippen LogP contribution in [-0.4, -0.2) is 51.0 Å². The molecule has 2 aromatic rings. The molecule has 1 unspecified atom stereocenters. The number of likely N-dealkylation sites (tertiary alicyclic amines) is 1. The first-order chi connectivity index (χ1) is 15.8. The van der Waals surface area contributed by atoms with Crippen molar-refractivity contribution in [3.8, 4) is 5.75 Å². The molecule has 2 aromatic carbocycles. The molecule has 33 heavy (non-hydrogen) atoms. The van der Waals surface area contributed by atoms with Gasteiger partial charge in [0.15, 0.2) is 0 Å². The van der Waals surface area contributed by atoms with Crippen LogP contribution in [0.15, 0.2) is 54.6 Å². The van der Waals surface area contributed by atoms with Crippen molar-refractivity contribution >= 4 is 17.8 Å². The second kappa shape index (κ2) is 11.0. The molecule has 176 valence electrons. The van der Waals surface area contributed by atoms with Crippen molar-refractivity contribution in [1.29, 1.82) is 0 Å². The zero-order valence-electron chi connectivity index (χ0n) is 19.0. The van der Waals surface area contributed by atoms with E-state index in [1.54, 1.807) is 19.1 Å². The summed E-state index contributed by atoms with van der Waals surface area (Å²) in [5, 5.41) is 22.0. The smallest absolute Gasteiger partial charge is 0.326 e. The molecule has 0 aliphatic carbocycles. The van der Waals surface area contributed by atoms with Gasteiger partial charge in [0.25, 0.3) is 0 Å². The Balaban J connectivity index is 1.72. The highest BCUT2D eigenvalue weighted by Gasteiger charge is 2.43. The minimum Gasteiger partial charge on any atom is -0.508 e. The van der Waals surface area contributed by atoms with Gasteiger partial charge in [0.2, 0.25) is 11.8 Å². The van der Waals surface area contributed by atoms with E-state index in [4.69, 9.17) is 0 Å². The quantitative estimate of drug-likeness (QED) is 0.541. The number of aliphatic carboxylic acids is 1. The van der Waals surface area contributed by atoms with Crippen LogP contribution in [-0.2, 0) is 27.2 Å². The monoisotopic (exact) mass is 452 g/mol. The van der Waals surface area contributed by atoms with Gasteiger partial charge in [0, 0.05) is 19.4 Å². The molecule has 1 fully saturated rings. The Bertz CT molecular complexity index is 960. The molecule has 0 aromatic heterocycles. The molecular weight excluding hydrogens is 420 g/mol. The number of amides is 2.